The number of hydrogen-bond acceptors (Lipinski definition) is 5. The number of amides is 1. The molecule has 0 unspecified atom stereocenters. The predicted octanol–water partition coefficient (Wildman–Crippen LogP) is 6.31. The Hall–Kier alpha value is -3.03. The summed E-state index contributed by atoms with van der Waals surface area (Å²) in [4.78, 5) is 18.9. The highest BCUT2D eigenvalue weighted by molar-refractivity contribution is 9.10. The van der Waals surface area contributed by atoms with Crippen molar-refractivity contribution in [1.82, 2.24) is 4.98 Å². The number of anilines is 2. The maximum atomic E-state index is 12.2. The Labute approximate surface area is 193 Å². The molecule has 1 aromatic heterocycles. The van der Waals surface area contributed by atoms with Gasteiger partial charge in [0.05, 0.1) is 23.9 Å². The van der Waals surface area contributed by atoms with E-state index in [9.17, 15) is 4.79 Å². The van der Waals surface area contributed by atoms with Gasteiger partial charge in [0.2, 0.25) is 0 Å². The van der Waals surface area contributed by atoms with Crippen molar-refractivity contribution in [2.75, 3.05) is 12.4 Å². The van der Waals surface area contributed by atoms with Crippen molar-refractivity contribution in [2.45, 2.75) is 16.7 Å². The lowest BCUT2D eigenvalue weighted by Gasteiger charge is -2.16. The van der Waals surface area contributed by atoms with Gasteiger partial charge in [0.1, 0.15) is 5.75 Å². The third-order valence-corrected chi connectivity index (χ3v) is 6.30. The molecule has 1 heterocycles. The van der Waals surface area contributed by atoms with Crippen molar-refractivity contribution in [1.29, 1.82) is 0 Å². The van der Waals surface area contributed by atoms with Crippen LogP contribution in [0.5, 0.6) is 5.75 Å². The van der Waals surface area contributed by atoms with Crippen LogP contribution in [0.4, 0.5) is 11.4 Å². The molecule has 0 bridgehead atoms. The van der Waals surface area contributed by atoms with E-state index in [0.29, 0.717) is 17.0 Å². The molecule has 4 rings (SSSR count). The zero-order valence-corrected chi connectivity index (χ0v) is 19.4. The molecule has 0 spiro atoms. The van der Waals surface area contributed by atoms with Crippen molar-refractivity contribution in [3.63, 3.8) is 0 Å². The molecule has 156 valence electrons. The lowest BCUT2D eigenvalue weighted by Crippen LogP contribution is -2.14. The van der Waals surface area contributed by atoms with Gasteiger partial charge < -0.3 is 15.8 Å². The first-order chi connectivity index (χ1) is 14.9. The van der Waals surface area contributed by atoms with Crippen molar-refractivity contribution in [3.8, 4) is 5.75 Å². The van der Waals surface area contributed by atoms with Gasteiger partial charge in [-0.05, 0) is 61.0 Å². The van der Waals surface area contributed by atoms with Crippen LogP contribution in [0.2, 0.25) is 0 Å². The number of ether oxygens (including phenoxy) is 1. The number of carbonyl (C=O) groups is 1. The lowest BCUT2D eigenvalue weighted by molar-refractivity contribution is 0.100. The Morgan fingerprint density at radius 2 is 1.87 bits per heavy atom. The van der Waals surface area contributed by atoms with Gasteiger partial charge in [-0.2, -0.15) is 0 Å². The monoisotopic (exact) mass is 493 g/mol. The molecule has 3 aromatic carbocycles. The van der Waals surface area contributed by atoms with E-state index in [1.807, 2.05) is 49.4 Å². The smallest absolute Gasteiger partial charge is 0.252 e. The molecule has 0 radical (unpaired) electrons. The van der Waals surface area contributed by atoms with E-state index in [-0.39, 0.29) is 0 Å². The molecule has 0 atom stereocenters. The Morgan fingerprint density at radius 3 is 2.58 bits per heavy atom. The topological polar surface area (TPSA) is 77.2 Å². The van der Waals surface area contributed by atoms with Crippen molar-refractivity contribution in [3.05, 3.63) is 82.5 Å². The first-order valence-corrected chi connectivity index (χ1v) is 11.1. The third-order valence-electron chi connectivity index (χ3n) is 4.79. The van der Waals surface area contributed by atoms with Gasteiger partial charge in [-0.3, -0.25) is 9.78 Å². The van der Waals surface area contributed by atoms with Crippen LogP contribution in [-0.4, -0.2) is 18.0 Å². The fourth-order valence-corrected chi connectivity index (χ4v) is 4.53. The molecule has 0 aliphatic carbocycles. The number of benzene rings is 3. The Balaban J connectivity index is 1.84. The quantitative estimate of drug-likeness (QED) is 0.329. The minimum atomic E-state index is -0.539. The second-order valence-corrected chi connectivity index (χ2v) is 9.02. The maximum Gasteiger partial charge on any atom is 0.252 e. The van der Waals surface area contributed by atoms with Crippen LogP contribution in [0.25, 0.3) is 10.9 Å². The maximum absolute atomic E-state index is 12.2. The van der Waals surface area contributed by atoms with Gasteiger partial charge in [-0.15, -0.1) is 0 Å². The summed E-state index contributed by atoms with van der Waals surface area (Å²) in [5, 5.41) is 4.19. The van der Waals surface area contributed by atoms with Crippen LogP contribution in [0.15, 0.2) is 81.1 Å². The Morgan fingerprint density at radius 1 is 1.10 bits per heavy atom. The van der Waals surface area contributed by atoms with Crippen LogP contribution >= 0.6 is 27.7 Å². The molecule has 5 nitrogen and oxygen atoms in total. The number of pyridine rings is 1. The second-order valence-electron chi connectivity index (χ2n) is 6.96. The van der Waals surface area contributed by atoms with E-state index in [1.165, 1.54) is 6.20 Å². The van der Waals surface area contributed by atoms with Crippen molar-refractivity contribution >= 4 is 55.9 Å². The standard InChI is InChI=1S/C24H20BrN3O2S/c1-14-10-19(31-18-8-6-15(25)7-9-18)12-20-22(14)27-13-21(24(26)29)23(20)28-16-4-3-5-17(11-16)30-2/h3-13H,1-2H3,(H2,26,29)(H,27,28). The lowest BCUT2D eigenvalue weighted by atomic mass is 10.1. The molecule has 0 saturated heterocycles. The molecular weight excluding hydrogens is 474 g/mol. The van der Waals surface area contributed by atoms with Gasteiger partial charge in [-0.25, -0.2) is 0 Å². The number of halogens is 1. The summed E-state index contributed by atoms with van der Waals surface area (Å²) in [7, 11) is 1.62. The summed E-state index contributed by atoms with van der Waals surface area (Å²) in [6, 6.07) is 19.8. The number of nitrogens with one attached hydrogen (secondary N) is 1. The molecule has 31 heavy (non-hydrogen) atoms. The number of hydrogen-bond donors (Lipinski definition) is 2. The van der Waals surface area contributed by atoms with Gasteiger partial charge >= 0.3 is 0 Å². The minimum absolute atomic E-state index is 0.334. The SMILES string of the molecule is COc1cccc(Nc2c(C(N)=O)cnc3c(C)cc(Sc4ccc(Br)cc4)cc23)c1. The number of aromatic nitrogens is 1. The summed E-state index contributed by atoms with van der Waals surface area (Å²) < 4.78 is 6.35. The van der Waals surface area contributed by atoms with Gasteiger partial charge in [0.15, 0.2) is 0 Å². The van der Waals surface area contributed by atoms with E-state index in [0.717, 1.165) is 36.4 Å². The molecule has 7 heteroatoms. The first-order valence-electron chi connectivity index (χ1n) is 9.52. The summed E-state index contributed by atoms with van der Waals surface area (Å²) >= 11 is 5.12. The van der Waals surface area contributed by atoms with Gasteiger partial charge in [0, 0.05) is 37.6 Å². The van der Waals surface area contributed by atoms with Crippen LogP contribution in [0.3, 0.4) is 0 Å². The predicted molar refractivity (Wildman–Crippen MR) is 130 cm³/mol. The zero-order chi connectivity index (χ0) is 22.0. The fraction of sp³-hybridized carbons (Fsp3) is 0.0833. The van der Waals surface area contributed by atoms with Crippen LogP contribution < -0.4 is 15.8 Å². The number of nitrogens with two attached hydrogens (primary N) is 1. The molecule has 0 aliphatic rings. The average molecular weight is 494 g/mol. The third kappa shape index (κ3) is 4.68. The zero-order valence-electron chi connectivity index (χ0n) is 17.0. The van der Waals surface area contributed by atoms with Crippen molar-refractivity contribution < 1.29 is 9.53 Å². The highest BCUT2D eigenvalue weighted by Crippen LogP contribution is 2.37. The molecule has 1 amide bonds. The second kappa shape index (κ2) is 8.99. The molecule has 3 N–H and O–H groups in total. The number of aryl methyl sites for hydroxylation is 1. The minimum Gasteiger partial charge on any atom is -0.497 e. The Kier molecular flexibility index (Phi) is 6.15. The van der Waals surface area contributed by atoms with Crippen molar-refractivity contribution in [2.24, 2.45) is 5.73 Å². The first kappa shape index (κ1) is 21.2. The Bertz CT molecular complexity index is 1280. The van der Waals surface area contributed by atoms with Crippen LogP contribution in [0.1, 0.15) is 15.9 Å². The number of carbonyl (C=O) groups excluding carboxylic acids is 1. The molecule has 0 aliphatic heterocycles. The highest BCUT2D eigenvalue weighted by atomic mass is 79.9. The number of fused-ring (bicyclic) bond motifs is 1. The highest BCUT2D eigenvalue weighted by Gasteiger charge is 2.16. The summed E-state index contributed by atoms with van der Waals surface area (Å²) in [5.41, 5.74) is 9.26. The molecule has 4 aromatic rings. The molecule has 0 fully saturated rings. The van der Waals surface area contributed by atoms with E-state index < -0.39 is 5.91 Å². The summed E-state index contributed by atoms with van der Waals surface area (Å²) in [6.45, 7) is 2.01. The fourth-order valence-electron chi connectivity index (χ4n) is 3.31. The average Bonchev–Trinajstić information content (AvgIpc) is 2.76. The normalized spacial score (nSPS) is 10.8. The van der Waals surface area contributed by atoms with Crippen LogP contribution in [0, 0.1) is 6.92 Å². The van der Waals surface area contributed by atoms with Gasteiger partial charge in [0.25, 0.3) is 5.91 Å². The summed E-state index contributed by atoms with van der Waals surface area (Å²) in [6.07, 6.45) is 1.53. The number of rotatable bonds is 6. The van der Waals surface area contributed by atoms with E-state index in [4.69, 9.17) is 10.5 Å². The largest absolute Gasteiger partial charge is 0.497 e. The van der Waals surface area contributed by atoms with E-state index >= 15 is 0 Å². The van der Waals surface area contributed by atoms with Gasteiger partial charge in [-0.1, -0.05) is 33.8 Å². The van der Waals surface area contributed by atoms with E-state index in [1.54, 1.807) is 18.9 Å². The molecule has 0 saturated carbocycles. The molecular formula is C24H20BrN3O2S. The van der Waals surface area contributed by atoms with E-state index in [2.05, 4.69) is 44.4 Å². The number of nitrogens with zero attached hydrogens (tertiary/aromatic N) is 1. The number of methoxy groups -OCH3 is 1. The summed E-state index contributed by atoms with van der Waals surface area (Å²) in [5.74, 6) is 0.176. The number of primary amides is 1. The van der Waals surface area contributed by atoms with Crippen LogP contribution in [-0.2, 0) is 0 Å².